The van der Waals surface area contributed by atoms with Gasteiger partial charge in [0.15, 0.2) is 0 Å². The quantitative estimate of drug-likeness (QED) is 0.582. The van der Waals surface area contributed by atoms with Gasteiger partial charge in [-0.05, 0) is 13.3 Å². The molecule has 4 nitrogen and oxygen atoms in total. The van der Waals surface area contributed by atoms with Crippen molar-refractivity contribution in [2.24, 2.45) is 11.8 Å². The average molecular weight is 213 g/mol. The predicted molar refractivity (Wildman–Crippen MR) is 55.7 cm³/mol. The van der Waals surface area contributed by atoms with E-state index >= 15 is 0 Å². The number of ether oxygens (including phenoxy) is 1. The Morgan fingerprint density at radius 1 is 1.79 bits per heavy atom. The van der Waals surface area contributed by atoms with Crippen LogP contribution in [-0.4, -0.2) is 17.7 Å². The summed E-state index contributed by atoms with van der Waals surface area (Å²) >= 11 is 1.63. The minimum atomic E-state index is 0.187. The number of hydrogen-bond acceptors (Lipinski definition) is 5. The molecular weight excluding hydrogens is 198 g/mol. The highest BCUT2D eigenvalue weighted by Crippen LogP contribution is 2.32. The summed E-state index contributed by atoms with van der Waals surface area (Å²) in [4.78, 5) is 5.25. The Hall–Kier alpha value is -0.490. The number of rotatable bonds is 3. The van der Waals surface area contributed by atoms with Crippen LogP contribution in [0.1, 0.15) is 24.3 Å². The van der Waals surface area contributed by atoms with Crippen LogP contribution < -0.4 is 11.3 Å². The molecule has 1 aliphatic heterocycles. The third-order valence-corrected chi connectivity index (χ3v) is 3.50. The Morgan fingerprint density at radius 2 is 2.64 bits per heavy atom. The van der Waals surface area contributed by atoms with Crippen molar-refractivity contribution in [2.75, 3.05) is 6.61 Å². The third kappa shape index (κ3) is 1.95. The van der Waals surface area contributed by atoms with Gasteiger partial charge in [-0.1, -0.05) is 0 Å². The highest BCUT2D eigenvalue weighted by molar-refractivity contribution is 7.09. The average Bonchev–Trinajstić information content (AvgIpc) is 2.79. The van der Waals surface area contributed by atoms with E-state index in [4.69, 9.17) is 10.6 Å². The van der Waals surface area contributed by atoms with Crippen molar-refractivity contribution in [2.45, 2.75) is 25.5 Å². The Bertz CT molecular complexity index is 278. The molecule has 1 aliphatic rings. The van der Waals surface area contributed by atoms with Gasteiger partial charge in [0.05, 0.1) is 24.3 Å². The molecule has 3 N–H and O–H groups in total. The number of hydrogen-bond donors (Lipinski definition) is 2. The summed E-state index contributed by atoms with van der Waals surface area (Å²) in [5, 5.41) is 0. The number of aromatic nitrogens is 1. The summed E-state index contributed by atoms with van der Waals surface area (Å²) in [6.45, 7) is 2.88. The maximum absolute atomic E-state index is 5.56. The summed E-state index contributed by atoms with van der Waals surface area (Å²) in [6.07, 6.45) is 3.29. The zero-order chi connectivity index (χ0) is 9.97. The lowest BCUT2D eigenvalue weighted by atomic mass is 9.97. The van der Waals surface area contributed by atoms with Crippen molar-refractivity contribution in [3.8, 4) is 0 Å². The van der Waals surface area contributed by atoms with Crippen LogP contribution in [0.2, 0.25) is 0 Å². The van der Waals surface area contributed by atoms with Gasteiger partial charge in [-0.25, -0.2) is 0 Å². The lowest BCUT2D eigenvalue weighted by Crippen LogP contribution is -2.33. The first-order chi connectivity index (χ1) is 6.81. The van der Waals surface area contributed by atoms with Crippen LogP contribution in [0.25, 0.3) is 0 Å². The highest BCUT2D eigenvalue weighted by atomic mass is 32.1. The molecule has 2 heterocycles. The Balaban J connectivity index is 2.07. The van der Waals surface area contributed by atoms with Crippen LogP contribution in [0, 0.1) is 5.92 Å². The van der Waals surface area contributed by atoms with Crippen molar-refractivity contribution < 1.29 is 4.74 Å². The van der Waals surface area contributed by atoms with Crippen LogP contribution in [0.3, 0.4) is 0 Å². The van der Waals surface area contributed by atoms with Crippen molar-refractivity contribution >= 4 is 11.3 Å². The number of thiazole rings is 1. The monoisotopic (exact) mass is 213 g/mol. The minimum absolute atomic E-state index is 0.187. The van der Waals surface area contributed by atoms with E-state index in [0.717, 1.165) is 13.0 Å². The summed E-state index contributed by atoms with van der Waals surface area (Å²) in [7, 11) is 0. The van der Waals surface area contributed by atoms with Crippen LogP contribution in [-0.2, 0) is 4.74 Å². The van der Waals surface area contributed by atoms with Crippen LogP contribution in [0.15, 0.2) is 11.7 Å². The molecule has 2 rings (SSSR count). The maximum Gasteiger partial charge on any atom is 0.0794 e. The first kappa shape index (κ1) is 10.0. The number of nitrogens with zero attached hydrogens (tertiary/aromatic N) is 1. The molecule has 3 unspecified atom stereocenters. The van der Waals surface area contributed by atoms with Crippen molar-refractivity contribution in [1.29, 1.82) is 0 Å². The second-order valence-corrected chi connectivity index (χ2v) is 4.61. The Kier molecular flexibility index (Phi) is 3.12. The molecule has 0 aliphatic carbocycles. The minimum Gasteiger partial charge on any atom is -0.378 e. The van der Waals surface area contributed by atoms with E-state index in [0.29, 0.717) is 12.0 Å². The smallest absolute Gasteiger partial charge is 0.0794 e. The molecule has 0 spiro atoms. The number of nitrogens with one attached hydrogen (secondary N) is 1. The molecule has 14 heavy (non-hydrogen) atoms. The van der Waals surface area contributed by atoms with Gasteiger partial charge in [-0.3, -0.25) is 16.3 Å². The van der Waals surface area contributed by atoms with Gasteiger partial charge in [0.2, 0.25) is 0 Å². The fourth-order valence-electron chi connectivity index (χ4n) is 1.91. The zero-order valence-corrected chi connectivity index (χ0v) is 8.96. The van der Waals surface area contributed by atoms with E-state index < -0.39 is 0 Å². The Labute approximate surface area is 87.4 Å². The molecule has 1 fully saturated rings. The van der Waals surface area contributed by atoms with Crippen molar-refractivity contribution in [3.05, 3.63) is 16.6 Å². The van der Waals surface area contributed by atoms with Crippen molar-refractivity contribution in [1.82, 2.24) is 10.4 Å². The molecule has 0 saturated carbocycles. The fraction of sp³-hybridized carbons (Fsp3) is 0.667. The molecule has 78 valence electrons. The summed E-state index contributed by atoms with van der Waals surface area (Å²) in [6, 6.07) is 0.187. The molecule has 0 aromatic carbocycles. The highest BCUT2D eigenvalue weighted by Gasteiger charge is 2.30. The lowest BCUT2D eigenvalue weighted by molar-refractivity contribution is 0.117. The molecule has 3 atom stereocenters. The van der Waals surface area contributed by atoms with Gasteiger partial charge in [0.25, 0.3) is 0 Å². The summed E-state index contributed by atoms with van der Waals surface area (Å²) in [5.74, 6) is 6.03. The molecule has 0 bridgehead atoms. The van der Waals surface area contributed by atoms with Crippen LogP contribution >= 0.6 is 11.3 Å². The number of hydrazine groups is 1. The van der Waals surface area contributed by atoms with E-state index in [1.54, 1.807) is 11.3 Å². The molecule has 0 amide bonds. The van der Waals surface area contributed by atoms with E-state index in [-0.39, 0.29) is 6.04 Å². The maximum atomic E-state index is 5.56. The molecule has 5 heteroatoms. The fourth-order valence-corrected chi connectivity index (χ4v) is 2.68. The Morgan fingerprint density at radius 3 is 3.14 bits per heavy atom. The molecule has 1 saturated heterocycles. The third-order valence-electron chi connectivity index (χ3n) is 2.64. The SMILES string of the molecule is CC1CC(C(NN)c2cncs2)CO1. The first-order valence-corrected chi connectivity index (χ1v) is 5.65. The van der Waals surface area contributed by atoms with Crippen LogP contribution in [0.4, 0.5) is 0 Å². The van der Waals surface area contributed by atoms with Crippen LogP contribution in [0.5, 0.6) is 0 Å². The molecular formula is C9H15N3OS. The van der Waals surface area contributed by atoms with Gasteiger partial charge in [-0.2, -0.15) is 0 Å². The molecule has 1 aromatic rings. The molecule has 1 aromatic heterocycles. The van der Waals surface area contributed by atoms with E-state index in [9.17, 15) is 0 Å². The topological polar surface area (TPSA) is 60.2 Å². The van der Waals surface area contributed by atoms with E-state index in [2.05, 4.69) is 17.3 Å². The summed E-state index contributed by atoms with van der Waals surface area (Å²) < 4.78 is 5.53. The van der Waals surface area contributed by atoms with Gasteiger partial charge in [-0.15, -0.1) is 11.3 Å². The van der Waals surface area contributed by atoms with E-state index in [1.165, 1.54) is 4.88 Å². The lowest BCUT2D eigenvalue weighted by Gasteiger charge is -2.19. The van der Waals surface area contributed by atoms with E-state index in [1.807, 2.05) is 11.7 Å². The molecule has 0 radical (unpaired) electrons. The standard InChI is InChI=1S/C9H15N3OS/c1-6-2-7(4-13-6)9(12-10)8-3-11-5-14-8/h3,5-7,9,12H,2,4,10H2,1H3. The van der Waals surface area contributed by atoms with Gasteiger partial charge in [0.1, 0.15) is 0 Å². The van der Waals surface area contributed by atoms with Gasteiger partial charge >= 0.3 is 0 Å². The normalized spacial score (nSPS) is 29.3. The number of nitrogens with two attached hydrogens (primary N) is 1. The second-order valence-electron chi connectivity index (χ2n) is 3.69. The first-order valence-electron chi connectivity index (χ1n) is 4.77. The summed E-state index contributed by atoms with van der Waals surface area (Å²) in [5.41, 5.74) is 4.69. The predicted octanol–water partition coefficient (Wildman–Crippen LogP) is 1.07. The van der Waals surface area contributed by atoms with Gasteiger partial charge in [0, 0.05) is 17.0 Å². The zero-order valence-electron chi connectivity index (χ0n) is 8.14. The second kappa shape index (κ2) is 4.35. The van der Waals surface area contributed by atoms with Gasteiger partial charge < -0.3 is 4.74 Å². The van der Waals surface area contributed by atoms with Crippen molar-refractivity contribution in [3.63, 3.8) is 0 Å². The largest absolute Gasteiger partial charge is 0.378 e.